The molecule has 0 spiro atoms. The molecular formula is C12H21N3O3S2. The molecule has 6 nitrogen and oxygen atoms in total. The number of rotatable bonds is 6. The summed E-state index contributed by atoms with van der Waals surface area (Å²) in [4.78, 5) is 1.96. The fourth-order valence-corrected chi connectivity index (χ4v) is 5.10. The molecule has 1 aliphatic heterocycles. The lowest BCUT2D eigenvalue weighted by molar-refractivity contribution is 0.227. The Morgan fingerprint density at radius 3 is 3.10 bits per heavy atom. The van der Waals surface area contributed by atoms with Gasteiger partial charge in [0.15, 0.2) is 15.6 Å². The smallest absolute Gasteiger partial charge is 0.164 e. The molecule has 2 rings (SSSR count). The minimum Gasteiger partial charge on any atom is -0.360 e. The second-order valence-corrected chi connectivity index (χ2v) is 8.25. The summed E-state index contributed by atoms with van der Waals surface area (Å²) in [6.07, 6.45) is 1.30. The molecule has 0 aromatic carbocycles. The molecule has 0 bridgehead atoms. The zero-order chi connectivity index (χ0) is 14.6. The first-order valence-corrected chi connectivity index (χ1v) is 9.77. The highest BCUT2D eigenvalue weighted by Crippen LogP contribution is 2.22. The van der Waals surface area contributed by atoms with Crippen LogP contribution in [0.25, 0.3) is 0 Å². The average Bonchev–Trinajstić information content (AvgIpc) is 2.83. The van der Waals surface area contributed by atoms with Crippen LogP contribution in [-0.2, 0) is 22.9 Å². The molecule has 8 heteroatoms. The third-order valence-corrected chi connectivity index (χ3v) is 5.89. The molecule has 114 valence electrons. The van der Waals surface area contributed by atoms with Gasteiger partial charge in [0.2, 0.25) is 0 Å². The Morgan fingerprint density at radius 1 is 1.60 bits per heavy atom. The van der Waals surface area contributed by atoms with E-state index in [1.165, 1.54) is 6.26 Å². The largest absolute Gasteiger partial charge is 0.360 e. The van der Waals surface area contributed by atoms with Crippen LogP contribution in [0.15, 0.2) is 10.6 Å². The topological polar surface area (TPSA) is 75.4 Å². The van der Waals surface area contributed by atoms with Gasteiger partial charge in [-0.3, -0.25) is 4.90 Å². The fourth-order valence-electron chi connectivity index (χ4n) is 2.16. The summed E-state index contributed by atoms with van der Waals surface area (Å²) in [5, 5.41) is 6.74. The van der Waals surface area contributed by atoms with E-state index < -0.39 is 15.2 Å². The second kappa shape index (κ2) is 6.93. The van der Waals surface area contributed by atoms with E-state index in [1.54, 1.807) is 11.8 Å². The summed E-state index contributed by atoms with van der Waals surface area (Å²) < 4.78 is 28.9. The normalized spacial score (nSPS) is 21.2. The molecule has 1 fully saturated rings. The highest BCUT2D eigenvalue weighted by atomic mass is 32.2. The zero-order valence-corrected chi connectivity index (χ0v) is 13.5. The molecule has 0 aliphatic carbocycles. The quantitative estimate of drug-likeness (QED) is 0.827. The van der Waals surface area contributed by atoms with Gasteiger partial charge >= 0.3 is 0 Å². The van der Waals surface area contributed by atoms with Crippen molar-refractivity contribution in [1.29, 1.82) is 0 Å². The van der Waals surface area contributed by atoms with Gasteiger partial charge in [0.1, 0.15) is 5.37 Å². The summed E-state index contributed by atoms with van der Waals surface area (Å²) >= 11 is 1.68. The minimum absolute atomic E-state index is 0.427. The van der Waals surface area contributed by atoms with E-state index in [-0.39, 0.29) is 0 Å². The van der Waals surface area contributed by atoms with Gasteiger partial charge in [-0.2, -0.15) is 11.8 Å². The third kappa shape index (κ3) is 4.21. The average molecular weight is 319 g/mol. The molecule has 1 saturated heterocycles. The van der Waals surface area contributed by atoms with E-state index in [4.69, 9.17) is 4.52 Å². The Morgan fingerprint density at radius 2 is 2.40 bits per heavy atom. The lowest BCUT2D eigenvalue weighted by Gasteiger charge is -2.32. The van der Waals surface area contributed by atoms with Crippen molar-refractivity contribution in [3.8, 4) is 0 Å². The van der Waals surface area contributed by atoms with Gasteiger partial charge in [-0.1, -0.05) is 12.1 Å². The number of aromatic nitrogens is 1. The Hall–Kier alpha value is -0.570. The summed E-state index contributed by atoms with van der Waals surface area (Å²) in [7, 11) is -3.07. The lowest BCUT2D eigenvalue weighted by atomic mass is 10.3. The van der Waals surface area contributed by atoms with Crippen LogP contribution in [-0.4, -0.2) is 54.7 Å². The molecule has 2 heterocycles. The predicted molar refractivity (Wildman–Crippen MR) is 80.3 cm³/mol. The van der Waals surface area contributed by atoms with E-state index >= 15 is 0 Å². The summed E-state index contributed by atoms with van der Waals surface area (Å²) in [6, 6.07) is 1.89. The van der Waals surface area contributed by atoms with Gasteiger partial charge in [0, 0.05) is 36.9 Å². The van der Waals surface area contributed by atoms with E-state index in [2.05, 4.69) is 10.5 Å². The molecule has 1 aromatic rings. The molecule has 20 heavy (non-hydrogen) atoms. The number of sulfone groups is 1. The Kier molecular flexibility index (Phi) is 5.48. The van der Waals surface area contributed by atoms with Crippen molar-refractivity contribution in [2.45, 2.75) is 25.4 Å². The number of hydrogen-bond acceptors (Lipinski definition) is 7. The zero-order valence-electron chi connectivity index (χ0n) is 11.8. The Bertz CT molecular complexity index is 530. The van der Waals surface area contributed by atoms with Crippen molar-refractivity contribution in [3.63, 3.8) is 0 Å². The maximum Gasteiger partial charge on any atom is 0.164 e. The van der Waals surface area contributed by atoms with Crippen molar-refractivity contribution in [2.24, 2.45) is 0 Å². The molecule has 0 amide bonds. The third-order valence-electron chi connectivity index (χ3n) is 3.21. The van der Waals surface area contributed by atoms with Gasteiger partial charge in [-0.05, 0) is 6.54 Å². The van der Waals surface area contributed by atoms with E-state index in [1.807, 2.05) is 17.9 Å². The summed E-state index contributed by atoms with van der Waals surface area (Å²) in [5.74, 6) is 2.29. The van der Waals surface area contributed by atoms with Crippen LogP contribution >= 0.6 is 11.8 Å². The Labute approximate surface area is 124 Å². The van der Waals surface area contributed by atoms with Gasteiger partial charge < -0.3 is 9.84 Å². The van der Waals surface area contributed by atoms with Gasteiger partial charge in [-0.15, -0.1) is 0 Å². The number of nitrogens with one attached hydrogen (secondary N) is 1. The summed E-state index contributed by atoms with van der Waals surface area (Å²) in [6.45, 7) is 4.83. The van der Waals surface area contributed by atoms with Crippen LogP contribution in [0.4, 0.5) is 0 Å². The van der Waals surface area contributed by atoms with Crippen LogP contribution in [0.3, 0.4) is 0 Å². The van der Waals surface area contributed by atoms with Crippen molar-refractivity contribution < 1.29 is 12.9 Å². The second-order valence-electron chi connectivity index (χ2n) is 4.89. The molecular weight excluding hydrogens is 298 g/mol. The van der Waals surface area contributed by atoms with E-state index in [0.717, 1.165) is 30.3 Å². The standard InChI is InChI=1S/C12H21N3O3S2/c1-3-13-7-10-6-11(18-14-10)8-15-4-5-19-9-12(15)20(2,16)17/h6,12-13H,3-5,7-9H2,1-2H3. The molecule has 1 N–H and O–H groups in total. The lowest BCUT2D eigenvalue weighted by Crippen LogP contribution is -2.46. The van der Waals surface area contributed by atoms with Crippen LogP contribution < -0.4 is 5.32 Å². The van der Waals surface area contributed by atoms with Crippen LogP contribution in [0, 0.1) is 0 Å². The molecule has 1 unspecified atom stereocenters. The van der Waals surface area contributed by atoms with Crippen molar-refractivity contribution >= 4 is 21.6 Å². The van der Waals surface area contributed by atoms with Crippen molar-refractivity contribution in [3.05, 3.63) is 17.5 Å². The maximum atomic E-state index is 11.8. The SMILES string of the molecule is CCNCc1cc(CN2CCSCC2S(C)(=O)=O)on1. The van der Waals surface area contributed by atoms with Crippen LogP contribution in [0.2, 0.25) is 0 Å². The number of hydrogen-bond donors (Lipinski definition) is 1. The Balaban J connectivity index is 2.01. The first-order chi connectivity index (χ1) is 9.50. The molecule has 1 atom stereocenters. The van der Waals surface area contributed by atoms with E-state index in [0.29, 0.717) is 18.8 Å². The van der Waals surface area contributed by atoms with Gasteiger partial charge in [-0.25, -0.2) is 8.42 Å². The van der Waals surface area contributed by atoms with Gasteiger partial charge in [0.25, 0.3) is 0 Å². The highest BCUT2D eigenvalue weighted by Gasteiger charge is 2.31. The van der Waals surface area contributed by atoms with Crippen molar-refractivity contribution in [2.75, 3.05) is 30.9 Å². The first kappa shape index (κ1) is 15.8. The van der Waals surface area contributed by atoms with Gasteiger partial charge in [0.05, 0.1) is 12.2 Å². The molecule has 0 saturated carbocycles. The monoisotopic (exact) mass is 319 g/mol. The number of thioether (sulfide) groups is 1. The molecule has 1 aromatic heterocycles. The van der Waals surface area contributed by atoms with Crippen molar-refractivity contribution in [1.82, 2.24) is 15.4 Å². The van der Waals surface area contributed by atoms with Crippen LogP contribution in [0.5, 0.6) is 0 Å². The molecule has 1 aliphatic rings. The predicted octanol–water partition coefficient (Wildman–Crippen LogP) is 0.704. The van der Waals surface area contributed by atoms with Crippen LogP contribution in [0.1, 0.15) is 18.4 Å². The first-order valence-electron chi connectivity index (χ1n) is 6.66. The maximum absolute atomic E-state index is 11.8. The number of nitrogens with zero attached hydrogens (tertiary/aromatic N) is 2. The molecule has 0 radical (unpaired) electrons. The minimum atomic E-state index is -3.07. The highest BCUT2D eigenvalue weighted by molar-refractivity contribution is 8.00. The van der Waals surface area contributed by atoms with E-state index in [9.17, 15) is 8.42 Å². The fraction of sp³-hybridized carbons (Fsp3) is 0.750. The summed E-state index contributed by atoms with van der Waals surface area (Å²) in [5.41, 5.74) is 0.851.